The maximum Gasteiger partial charge on any atom is 0.0920 e. The first kappa shape index (κ1) is 12.9. The number of benzene rings is 1. The summed E-state index contributed by atoms with van der Waals surface area (Å²) in [5.74, 6) is 0. The smallest absolute Gasteiger partial charge is 0.0920 e. The van der Waals surface area contributed by atoms with E-state index < -0.39 is 6.10 Å². The van der Waals surface area contributed by atoms with Gasteiger partial charge in [0.25, 0.3) is 0 Å². The van der Waals surface area contributed by atoms with Crippen molar-refractivity contribution >= 4 is 5.69 Å². The molecule has 96 valence electrons. The van der Waals surface area contributed by atoms with Gasteiger partial charge in [-0.15, -0.1) is 0 Å². The van der Waals surface area contributed by atoms with Crippen LogP contribution >= 0.6 is 0 Å². The van der Waals surface area contributed by atoms with Crippen LogP contribution in [0.3, 0.4) is 0 Å². The summed E-state index contributed by atoms with van der Waals surface area (Å²) in [6.07, 6.45) is 4.60. The van der Waals surface area contributed by atoms with Gasteiger partial charge in [-0.3, -0.25) is 0 Å². The molecule has 0 amide bonds. The summed E-state index contributed by atoms with van der Waals surface area (Å²) in [6, 6.07) is 10.5. The highest BCUT2D eigenvalue weighted by molar-refractivity contribution is 5.49. The van der Waals surface area contributed by atoms with Crippen molar-refractivity contribution in [1.82, 2.24) is 0 Å². The van der Waals surface area contributed by atoms with Crippen LogP contribution in [-0.4, -0.2) is 18.2 Å². The lowest BCUT2D eigenvalue weighted by atomic mass is 10.1. The van der Waals surface area contributed by atoms with E-state index in [1.807, 2.05) is 24.3 Å². The average Bonchev–Trinajstić information content (AvgIpc) is 2.92. The van der Waals surface area contributed by atoms with E-state index in [9.17, 15) is 5.11 Å². The van der Waals surface area contributed by atoms with Gasteiger partial charge in [-0.05, 0) is 30.5 Å². The predicted molar refractivity (Wildman–Crippen MR) is 72.3 cm³/mol. The van der Waals surface area contributed by atoms with E-state index in [4.69, 9.17) is 5.26 Å². The molecule has 0 heterocycles. The Hall–Kier alpha value is -1.53. The zero-order chi connectivity index (χ0) is 13.0. The van der Waals surface area contributed by atoms with Gasteiger partial charge in [0, 0.05) is 18.8 Å². The molecule has 18 heavy (non-hydrogen) atoms. The maximum atomic E-state index is 9.85. The van der Waals surface area contributed by atoms with Gasteiger partial charge in [-0.25, -0.2) is 0 Å². The van der Waals surface area contributed by atoms with Crippen LogP contribution in [0.1, 0.15) is 43.8 Å². The second-order valence-corrected chi connectivity index (χ2v) is 5.02. The Kier molecular flexibility index (Phi) is 4.22. The summed E-state index contributed by atoms with van der Waals surface area (Å²) in [7, 11) is 2.12. The molecule has 0 saturated heterocycles. The molecule has 1 aliphatic carbocycles. The predicted octanol–water partition coefficient (Wildman–Crippen LogP) is 3.01. The van der Waals surface area contributed by atoms with Crippen LogP contribution in [0, 0.1) is 11.3 Å². The van der Waals surface area contributed by atoms with Crippen LogP contribution in [0.2, 0.25) is 0 Å². The molecular formula is C15H20N2O. The number of aliphatic hydroxyl groups is 1. The van der Waals surface area contributed by atoms with Gasteiger partial charge in [0.15, 0.2) is 0 Å². The minimum atomic E-state index is -0.674. The Morgan fingerprint density at radius 2 is 2.17 bits per heavy atom. The maximum absolute atomic E-state index is 9.85. The number of nitrogens with zero attached hydrogens (tertiary/aromatic N) is 2. The zero-order valence-electron chi connectivity index (χ0n) is 10.8. The Bertz CT molecular complexity index is 432. The van der Waals surface area contributed by atoms with Gasteiger partial charge < -0.3 is 10.0 Å². The average molecular weight is 244 g/mol. The first-order valence-electron chi connectivity index (χ1n) is 6.60. The van der Waals surface area contributed by atoms with Crippen LogP contribution in [0.4, 0.5) is 5.69 Å². The molecular weight excluding hydrogens is 224 g/mol. The highest BCUT2D eigenvalue weighted by atomic mass is 16.3. The molecule has 0 radical (unpaired) electrons. The van der Waals surface area contributed by atoms with Crippen LogP contribution < -0.4 is 4.90 Å². The summed E-state index contributed by atoms with van der Waals surface area (Å²) in [4.78, 5) is 2.30. The van der Waals surface area contributed by atoms with Crippen LogP contribution in [0.5, 0.6) is 0 Å². The lowest BCUT2D eigenvalue weighted by Gasteiger charge is -2.27. The first-order chi connectivity index (χ1) is 8.72. The van der Waals surface area contributed by atoms with Crippen molar-refractivity contribution < 1.29 is 5.11 Å². The molecule has 1 unspecified atom stereocenters. The van der Waals surface area contributed by atoms with Gasteiger partial charge in [0.2, 0.25) is 0 Å². The Balaban J connectivity index is 2.13. The van der Waals surface area contributed by atoms with E-state index in [1.165, 1.54) is 25.7 Å². The standard InChI is InChI=1S/C15H20N2O/c1-17(13-6-2-3-7-13)14-8-4-5-12(11-14)15(18)9-10-16/h4-5,8,11,13,15,18H,2-3,6-7,9H2,1H3. The summed E-state index contributed by atoms with van der Waals surface area (Å²) >= 11 is 0. The van der Waals surface area contributed by atoms with Gasteiger partial charge in [0.05, 0.1) is 18.6 Å². The number of hydrogen-bond acceptors (Lipinski definition) is 3. The van der Waals surface area contributed by atoms with Crippen molar-refractivity contribution in [1.29, 1.82) is 5.26 Å². The summed E-state index contributed by atoms with van der Waals surface area (Å²) in [5, 5.41) is 18.5. The molecule has 0 aromatic heterocycles. The Morgan fingerprint density at radius 3 is 2.83 bits per heavy atom. The number of nitriles is 1. The largest absolute Gasteiger partial charge is 0.387 e. The molecule has 1 aliphatic rings. The number of aliphatic hydroxyl groups excluding tert-OH is 1. The molecule has 1 aromatic rings. The molecule has 3 nitrogen and oxygen atoms in total. The van der Waals surface area contributed by atoms with Gasteiger partial charge >= 0.3 is 0 Å². The van der Waals surface area contributed by atoms with Gasteiger partial charge in [0.1, 0.15) is 0 Å². The summed E-state index contributed by atoms with van der Waals surface area (Å²) < 4.78 is 0. The van der Waals surface area contributed by atoms with Crippen LogP contribution in [-0.2, 0) is 0 Å². The highest BCUT2D eigenvalue weighted by Crippen LogP contribution is 2.28. The zero-order valence-corrected chi connectivity index (χ0v) is 10.8. The quantitative estimate of drug-likeness (QED) is 0.885. The molecule has 2 rings (SSSR count). The van der Waals surface area contributed by atoms with Crippen molar-refractivity contribution in [3.05, 3.63) is 29.8 Å². The minimum Gasteiger partial charge on any atom is -0.387 e. The molecule has 1 aromatic carbocycles. The second-order valence-electron chi connectivity index (χ2n) is 5.02. The lowest BCUT2D eigenvalue weighted by Crippen LogP contribution is -2.28. The van der Waals surface area contributed by atoms with Crippen LogP contribution in [0.25, 0.3) is 0 Å². The summed E-state index contributed by atoms with van der Waals surface area (Å²) in [5.41, 5.74) is 1.97. The fraction of sp³-hybridized carbons (Fsp3) is 0.533. The second kappa shape index (κ2) is 5.88. The fourth-order valence-corrected chi connectivity index (χ4v) is 2.66. The van der Waals surface area contributed by atoms with Crippen molar-refractivity contribution in [2.24, 2.45) is 0 Å². The van der Waals surface area contributed by atoms with E-state index in [0.29, 0.717) is 6.04 Å². The Morgan fingerprint density at radius 1 is 1.44 bits per heavy atom. The van der Waals surface area contributed by atoms with Gasteiger partial charge in [-0.1, -0.05) is 25.0 Å². The van der Waals surface area contributed by atoms with Crippen molar-refractivity contribution in [3.63, 3.8) is 0 Å². The third-order valence-corrected chi connectivity index (χ3v) is 3.82. The highest BCUT2D eigenvalue weighted by Gasteiger charge is 2.20. The third kappa shape index (κ3) is 2.83. The van der Waals surface area contributed by atoms with E-state index in [2.05, 4.69) is 18.0 Å². The molecule has 0 spiro atoms. The topological polar surface area (TPSA) is 47.3 Å². The minimum absolute atomic E-state index is 0.149. The third-order valence-electron chi connectivity index (χ3n) is 3.82. The summed E-state index contributed by atoms with van der Waals surface area (Å²) in [6.45, 7) is 0. The SMILES string of the molecule is CN(c1cccc(C(O)CC#N)c1)C1CCCC1. The first-order valence-corrected chi connectivity index (χ1v) is 6.60. The van der Waals surface area contributed by atoms with E-state index in [0.717, 1.165) is 11.3 Å². The van der Waals surface area contributed by atoms with E-state index in [1.54, 1.807) is 0 Å². The van der Waals surface area contributed by atoms with Crippen molar-refractivity contribution in [3.8, 4) is 6.07 Å². The van der Waals surface area contributed by atoms with Crippen molar-refractivity contribution in [2.75, 3.05) is 11.9 Å². The molecule has 1 saturated carbocycles. The molecule has 1 N–H and O–H groups in total. The fourth-order valence-electron chi connectivity index (χ4n) is 2.66. The number of rotatable bonds is 4. The molecule has 0 aliphatic heterocycles. The lowest BCUT2D eigenvalue weighted by molar-refractivity contribution is 0.183. The van der Waals surface area contributed by atoms with E-state index >= 15 is 0 Å². The van der Waals surface area contributed by atoms with Gasteiger partial charge in [-0.2, -0.15) is 5.26 Å². The normalized spacial score (nSPS) is 17.4. The molecule has 0 bridgehead atoms. The number of anilines is 1. The monoisotopic (exact) mass is 244 g/mol. The number of hydrogen-bond donors (Lipinski definition) is 1. The molecule has 1 atom stereocenters. The Labute approximate surface area is 109 Å². The molecule has 3 heteroatoms. The van der Waals surface area contributed by atoms with Crippen molar-refractivity contribution in [2.45, 2.75) is 44.2 Å². The molecule has 1 fully saturated rings. The van der Waals surface area contributed by atoms with Crippen LogP contribution in [0.15, 0.2) is 24.3 Å². The van der Waals surface area contributed by atoms with E-state index in [-0.39, 0.29) is 6.42 Å².